The Morgan fingerprint density at radius 3 is 2.67 bits per heavy atom. The lowest BCUT2D eigenvalue weighted by molar-refractivity contribution is -0.128. The number of rotatable bonds is 8. The minimum absolute atomic E-state index is 0.141. The van der Waals surface area contributed by atoms with Gasteiger partial charge in [-0.05, 0) is 75.5 Å². The fourth-order valence-electron chi connectivity index (χ4n) is 5.31. The maximum absolute atomic E-state index is 13.5. The van der Waals surface area contributed by atoms with Crippen molar-refractivity contribution in [3.63, 3.8) is 0 Å². The first-order valence-electron chi connectivity index (χ1n) is 12.5. The molecule has 3 fully saturated rings. The lowest BCUT2D eigenvalue weighted by atomic mass is 9.77. The predicted octanol–water partition coefficient (Wildman–Crippen LogP) is 4.88. The number of carbonyl (C=O) groups excluding carboxylic acids is 2. The number of carbonyl (C=O) groups is 2. The molecule has 8 heteroatoms. The molecule has 186 valence electrons. The number of nitrogens with zero attached hydrogens (tertiary/aromatic N) is 5. The van der Waals surface area contributed by atoms with Crippen LogP contribution in [0.15, 0.2) is 63.9 Å². The highest BCUT2D eigenvalue weighted by atomic mass is 35.5. The van der Waals surface area contributed by atoms with Crippen molar-refractivity contribution in [2.45, 2.75) is 38.0 Å². The van der Waals surface area contributed by atoms with E-state index in [4.69, 9.17) is 16.6 Å². The molecule has 2 aromatic rings. The number of pyridine rings is 1. The molecule has 7 nitrogen and oxygen atoms in total. The first-order chi connectivity index (χ1) is 17.5. The molecule has 5 rings (SSSR count). The second-order valence-corrected chi connectivity index (χ2v) is 10.3. The number of aldehydes is 1. The summed E-state index contributed by atoms with van der Waals surface area (Å²) >= 11 is 6.59. The van der Waals surface area contributed by atoms with Gasteiger partial charge in [0.2, 0.25) is 5.91 Å². The van der Waals surface area contributed by atoms with Gasteiger partial charge in [0, 0.05) is 18.3 Å². The minimum Gasteiger partial charge on any atom is -0.310 e. The molecule has 1 aliphatic carbocycles. The third-order valence-corrected chi connectivity index (χ3v) is 7.84. The molecule has 1 spiro atoms. The van der Waals surface area contributed by atoms with Crippen LogP contribution in [0.2, 0.25) is 0 Å². The van der Waals surface area contributed by atoms with Crippen LogP contribution in [0.5, 0.6) is 0 Å². The van der Waals surface area contributed by atoms with Crippen LogP contribution in [0.3, 0.4) is 0 Å². The van der Waals surface area contributed by atoms with Gasteiger partial charge in [0.05, 0.1) is 46.5 Å². The molecule has 0 unspecified atom stereocenters. The Morgan fingerprint density at radius 2 is 1.94 bits per heavy atom. The van der Waals surface area contributed by atoms with E-state index in [2.05, 4.69) is 33.7 Å². The average Bonchev–Trinajstić information content (AvgIpc) is 3.70. The van der Waals surface area contributed by atoms with Gasteiger partial charge in [-0.15, -0.1) is 0 Å². The monoisotopic (exact) mass is 503 g/mol. The summed E-state index contributed by atoms with van der Waals surface area (Å²) in [7, 11) is 0. The Balaban J connectivity index is 1.41. The van der Waals surface area contributed by atoms with Crippen LogP contribution in [0.4, 0.5) is 11.4 Å². The molecule has 0 bridgehead atoms. The normalized spacial score (nSPS) is 20.7. The maximum atomic E-state index is 13.5. The molecule has 0 N–H and O–H groups in total. The third-order valence-electron chi connectivity index (χ3n) is 7.56. The first kappa shape index (κ1) is 24.5. The highest BCUT2D eigenvalue weighted by Crippen LogP contribution is 2.43. The van der Waals surface area contributed by atoms with Gasteiger partial charge in [0.25, 0.3) is 0 Å². The van der Waals surface area contributed by atoms with Gasteiger partial charge in [0.1, 0.15) is 6.29 Å². The molecule has 3 heterocycles. The van der Waals surface area contributed by atoms with E-state index in [-0.39, 0.29) is 11.3 Å². The van der Waals surface area contributed by atoms with Gasteiger partial charge >= 0.3 is 0 Å². The van der Waals surface area contributed by atoms with Crippen LogP contribution >= 0.6 is 11.6 Å². The van der Waals surface area contributed by atoms with Crippen LogP contribution in [0.25, 0.3) is 0 Å². The topological polar surface area (TPSA) is 78.2 Å². The SMILES string of the molecule is C=N/C=C(/Cl)C(=Nc1cncc(N2CCC3(CCN(CC=O)CC3)C2=O)c1)c1cccc(C2CC2)c1. The molecular weight excluding hydrogens is 474 g/mol. The molecule has 36 heavy (non-hydrogen) atoms. The fraction of sp³-hybridized carbons (Fsp3) is 0.393. The molecule has 3 aliphatic rings. The van der Waals surface area contributed by atoms with Crippen LogP contribution < -0.4 is 4.90 Å². The number of benzene rings is 1. The Labute approximate surface area is 216 Å². The molecule has 0 atom stereocenters. The Morgan fingerprint density at radius 1 is 1.17 bits per heavy atom. The van der Waals surface area contributed by atoms with Gasteiger partial charge < -0.3 is 9.69 Å². The number of hydrogen-bond donors (Lipinski definition) is 0. The lowest BCUT2D eigenvalue weighted by Gasteiger charge is -2.37. The summed E-state index contributed by atoms with van der Waals surface area (Å²) in [6, 6.07) is 10.2. The van der Waals surface area contributed by atoms with E-state index in [1.807, 2.05) is 23.1 Å². The first-order valence-corrected chi connectivity index (χ1v) is 12.8. The highest BCUT2D eigenvalue weighted by molar-refractivity contribution is 6.46. The minimum atomic E-state index is -0.352. The van der Waals surface area contributed by atoms with E-state index in [9.17, 15) is 9.59 Å². The molecule has 1 amide bonds. The summed E-state index contributed by atoms with van der Waals surface area (Å²) < 4.78 is 0. The van der Waals surface area contributed by atoms with Crippen molar-refractivity contribution in [1.29, 1.82) is 0 Å². The zero-order valence-corrected chi connectivity index (χ0v) is 21.0. The second kappa shape index (κ2) is 10.4. The summed E-state index contributed by atoms with van der Waals surface area (Å²) in [6.45, 7) is 6.15. The van der Waals surface area contributed by atoms with E-state index >= 15 is 0 Å². The van der Waals surface area contributed by atoms with Crippen LogP contribution in [-0.2, 0) is 9.59 Å². The third kappa shape index (κ3) is 5.04. The number of aromatic nitrogens is 1. The smallest absolute Gasteiger partial charge is 0.233 e. The van der Waals surface area contributed by atoms with Crippen molar-refractivity contribution in [2.75, 3.05) is 31.1 Å². The fourth-order valence-corrected chi connectivity index (χ4v) is 5.53. The second-order valence-electron chi connectivity index (χ2n) is 9.88. The lowest BCUT2D eigenvalue weighted by Crippen LogP contribution is -2.45. The van der Waals surface area contributed by atoms with Crippen LogP contribution in [0.1, 0.15) is 49.1 Å². The summed E-state index contributed by atoms with van der Waals surface area (Å²) in [4.78, 5) is 41.4. The van der Waals surface area contributed by atoms with Gasteiger partial charge in [-0.3, -0.25) is 19.7 Å². The quantitative estimate of drug-likeness (QED) is 0.380. The highest BCUT2D eigenvalue weighted by Gasteiger charge is 2.48. The zero-order chi connectivity index (χ0) is 25.1. The molecule has 0 radical (unpaired) electrons. The molecule has 2 aliphatic heterocycles. The Kier molecular flexibility index (Phi) is 7.12. The Bertz CT molecular complexity index is 1230. The summed E-state index contributed by atoms with van der Waals surface area (Å²) in [6.07, 6.45) is 10.6. The number of halogens is 1. The van der Waals surface area contributed by atoms with E-state index in [0.29, 0.717) is 35.4 Å². The van der Waals surface area contributed by atoms with Gasteiger partial charge in [0.15, 0.2) is 0 Å². The molecular formula is C28H30ClN5O2. The number of hydrogen-bond acceptors (Lipinski definition) is 6. The number of aliphatic imine (C=N–C) groups is 2. The largest absolute Gasteiger partial charge is 0.310 e. The van der Waals surface area contributed by atoms with Gasteiger partial charge in [-0.1, -0.05) is 29.8 Å². The standard InChI is InChI=1S/C28H30ClN5O2/c1-30-19-25(29)26(22-4-2-3-21(15-22)20-5-6-20)32-23-16-24(18-31-17-23)34-12-9-28(27(34)36)7-10-33(11-8-28)13-14-35/h2-4,14-20H,1,5-13H2/b25-19+,32-26?. The van der Waals surface area contributed by atoms with Crippen LogP contribution in [-0.4, -0.2) is 60.7 Å². The molecule has 2 saturated heterocycles. The van der Waals surface area contributed by atoms with Crippen molar-refractivity contribution in [2.24, 2.45) is 15.4 Å². The Hall–Kier alpha value is -3.16. The van der Waals surface area contributed by atoms with E-state index < -0.39 is 0 Å². The van der Waals surface area contributed by atoms with Crippen molar-refractivity contribution in [1.82, 2.24) is 9.88 Å². The zero-order valence-electron chi connectivity index (χ0n) is 20.3. The maximum Gasteiger partial charge on any atom is 0.233 e. The van der Waals surface area contributed by atoms with Crippen molar-refractivity contribution >= 4 is 47.6 Å². The van der Waals surface area contributed by atoms with E-state index in [1.165, 1.54) is 24.6 Å². The number of piperidine rings is 1. The molecule has 1 aromatic carbocycles. The number of amides is 1. The van der Waals surface area contributed by atoms with Crippen molar-refractivity contribution < 1.29 is 9.59 Å². The summed E-state index contributed by atoms with van der Waals surface area (Å²) in [5.41, 5.74) is 3.79. The van der Waals surface area contributed by atoms with Gasteiger partial charge in [-0.2, -0.15) is 0 Å². The molecule has 1 saturated carbocycles. The van der Waals surface area contributed by atoms with Crippen molar-refractivity contribution in [3.8, 4) is 0 Å². The van der Waals surface area contributed by atoms with E-state index in [0.717, 1.165) is 49.9 Å². The molecule has 1 aromatic heterocycles. The predicted molar refractivity (Wildman–Crippen MR) is 143 cm³/mol. The number of allylic oxidation sites excluding steroid dienone is 1. The number of likely N-dealkylation sites (tertiary alicyclic amines) is 1. The summed E-state index contributed by atoms with van der Waals surface area (Å²) in [5, 5.41) is 0.390. The van der Waals surface area contributed by atoms with Crippen molar-refractivity contribution in [3.05, 3.63) is 65.1 Å². The van der Waals surface area contributed by atoms with E-state index in [1.54, 1.807) is 12.4 Å². The average molecular weight is 504 g/mol. The van der Waals surface area contributed by atoms with Crippen LogP contribution in [0, 0.1) is 5.41 Å². The van der Waals surface area contributed by atoms with Gasteiger partial charge in [-0.25, -0.2) is 4.99 Å². The number of anilines is 1. The summed E-state index contributed by atoms with van der Waals surface area (Å²) in [5.74, 6) is 0.748.